The van der Waals surface area contributed by atoms with E-state index in [0.29, 0.717) is 31.0 Å². The van der Waals surface area contributed by atoms with Crippen molar-refractivity contribution < 1.29 is 17.9 Å². The van der Waals surface area contributed by atoms with E-state index in [9.17, 15) is 8.42 Å². The Balaban J connectivity index is 1.96. The number of sulfonamides is 1. The lowest BCUT2D eigenvalue weighted by Gasteiger charge is -2.11. The summed E-state index contributed by atoms with van der Waals surface area (Å²) in [6, 6.07) is 4.50. The lowest BCUT2D eigenvalue weighted by molar-refractivity contribution is 0.354. The van der Waals surface area contributed by atoms with Crippen LogP contribution in [0.1, 0.15) is 12.0 Å². The molecule has 1 aromatic heterocycles. The van der Waals surface area contributed by atoms with Gasteiger partial charge in [-0.1, -0.05) is 0 Å². The average Bonchev–Trinajstić information content (AvgIpc) is 2.96. The minimum atomic E-state index is -3.58. The molecule has 1 aromatic carbocycles. The minimum absolute atomic E-state index is 0.144. The average molecular weight is 339 g/mol. The van der Waals surface area contributed by atoms with Crippen LogP contribution < -0.4 is 14.2 Å². The number of hydrogen-bond acceptors (Lipinski definition) is 5. The maximum atomic E-state index is 12.3. The minimum Gasteiger partial charge on any atom is -0.493 e. The molecule has 0 atom stereocenters. The number of ether oxygens (including phenoxy) is 2. The van der Waals surface area contributed by atoms with E-state index in [2.05, 4.69) is 9.82 Å². The summed E-state index contributed by atoms with van der Waals surface area (Å²) in [5.74, 6) is 0.864. The summed E-state index contributed by atoms with van der Waals surface area (Å²) in [4.78, 5) is 0.144. The van der Waals surface area contributed by atoms with Crippen LogP contribution in [-0.2, 0) is 16.6 Å². The third-order valence-electron chi connectivity index (χ3n) is 3.28. The first-order valence-corrected chi connectivity index (χ1v) is 8.65. The molecule has 0 bridgehead atoms. The molecule has 0 radical (unpaired) electrons. The lowest BCUT2D eigenvalue weighted by atomic mass is 10.3. The summed E-state index contributed by atoms with van der Waals surface area (Å²) >= 11 is 0. The molecule has 0 unspecified atom stereocenters. The zero-order chi connectivity index (χ0) is 16.9. The van der Waals surface area contributed by atoms with Crippen molar-refractivity contribution in [2.45, 2.75) is 24.8 Å². The molecular weight excluding hydrogens is 318 g/mol. The van der Waals surface area contributed by atoms with Gasteiger partial charge in [-0.2, -0.15) is 5.10 Å². The second-order valence-corrected chi connectivity index (χ2v) is 6.82. The number of nitrogens with zero attached hydrogens (tertiary/aromatic N) is 2. The molecule has 1 heterocycles. The van der Waals surface area contributed by atoms with Crippen LogP contribution in [0.5, 0.6) is 11.5 Å². The molecule has 2 rings (SSSR count). The largest absolute Gasteiger partial charge is 0.493 e. The van der Waals surface area contributed by atoms with Crippen LogP contribution in [0.4, 0.5) is 0 Å². The Morgan fingerprint density at radius 2 is 1.96 bits per heavy atom. The second kappa shape index (κ2) is 7.47. The summed E-state index contributed by atoms with van der Waals surface area (Å²) in [5, 5.41) is 4.16. The van der Waals surface area contributed by atoms with E-state index in [0.717, 1.165) is 5.56 Å². The molecule has 0 aliphatic carbocycles. The summed E-state index contributed by atoms with van der Waals surface area (Å²) in [7, 11) is -0.615. The highest BCUT2D eigenvalue weighted by molar-refractivity contribution is 7.89. The predicted octanol–water partition coefficient (Wildman–Crippen LogP) is 1.58. The number of benzene rings is 1. The van der Waals surface area contributed by atoms with E-state index in [1.165, 1.54) is 26.4 Å². The first-order chi connectivity index (χ1) is 11.0. The monoisotopic (exact) mass is 339 g/mol. The standard InChI is InChI=1S/C15H21N3O4S/c1-12-10-16-18(11-12)8-4-7-17-23(19,20)13-5-6-14(21-2)15(9-13)22-3/h5-6,9-11,17H,4,7-8H2,1-3H3. The number of nitrogens with one attached hydrogen (secondary N) is 1. The van der Waals surface area contributed by atoms with Gasteiger partial charge in [0.1, 0.15) is 0 Å². The van der Waals surface area contributed by atoms with Crippen LogP contribution in [0.2, 0.25) is 0 Å². The Morgan fingerprint density at radius 3 is 2.57 bits per heavy atom. The van der Waals surface area contributed by atoms with E-state index in [1.807, 2.05) is 13.1 Å². The fraction of sp³-hybridized carbons (Fsp3) is 0.400. The molecule has 126 valence electrons. The summed E-state index contributed by atoms with van der Waals surface area (Å²) < 4.78 is 39.2. The highest BCUT2D eigenvalue weighted by atomic mass is 32.2. The molecule has 0 saturated heterocycles. The molecule has 0 aliphatic rings. The second-order valence-electron chi connectivity index (χ2n) is 5.05. The Labute approximate surface area is 136 Å². The molecule has 7 nitrogen and oxygen atoms in total. The molecule has 0 spiro atoms. The van der Waals surface area contributed by atoms with E-state index in [4.69, 9.17) is 9.47 Å². The maximum Gasteiger partial charge on any atom is 0.240 e. The number of aromatic nitrogens is 2. The van der Waals surface area contributed by atoms with Gasteiger partial charge in [0, 0.05) is 25.4 Å². The Bertz CT molecular complexity index is 756. The van der Waals surface area contributed by atoms with Crippen molar-refractivity contribution >= 4 is 10.0 Å². The predicted molar refractivity (Wildman–Crippen MR) is 86.3 cm³/mol. The van der Waals surface area contributed by atoms with Gasteiger partial charge in [-0.25, -0.2) is 13.1 Å². The van der Waals surface area contributed by atoms with Crippen molar-refractivity contribution in [3.05, 3.63) is 36.2 Å². The zero-order valence-corrected chi connectivity index (χ0v) is 14.3. The Kier molecular flexibility index (Phi) is 5.62. The first kappa shape index (κ1) is 17.3. The topological polar surface area (TPSA) is 82.5 Å². The van der Waals surface area contributed by atoms with Crippen LogP contribution in [0.15, 0.2) is 35.5 Å². The summed E-state index contributed by atoms with van der Waals surface area (Å²) in [6.45, 7) is 2.95. The third kappa shape index (κ3) is 4.46. The molecule has 2 aromatic rings. The van der Waals surface area contributed by atoms with Gasteiger partial charge in [-0.05, 0) is 31.0 Å². The number of methoxy groups -OCH3 is 2. The normalized spacial score (nSPS) is 11.4. The van der Waals surface area contributed by atoms with Crippen molar-refractivity contribution in [2.24, 2.45) is 0 Å². The van der Waals surface area contributed by atoms with Crippen LogP contribution in [0, 0.1) is 6.92 Å². The summed E-state index contributed by atoms with van der Waals surface area (Å²) in [5.41, 5.74) is 1.08. The van der Waals surface area contributed by atoms with Gasteiger partial charge in [-0.3, -0.25) is 4.68 Å². The maximum absolute atomic E-state index is 12.3. The first-order valence-electron chi connectivity index (χ1n) is 7.17. The molecule has 0 fully saturated rings. The fourth-order valence-electron chi connectivity index (χ4n) is 2.10. The fourth-order valence-corrected chi connectivity index (χ4v) is 3.19. The number of aryl methyl sites for hydroxylation is 2. The molecular formula is C15H21N3O4S. The molecule has 23 heavy (non-hydrogen) atoms. The zero-order valence-electron chi connectivity index (χ0n) is 13.4. The SMILES string of the molecule is COc1ccc(S(=O)(=O)NCCCn2cc(C)cn2)cc1OC. The quantitative estimate of drug-likeness (QED) is 0.738. The van der Waals surface area contributed by atoms with Gasteiger partial charge in [0.05, 0.1) is 25.3 Å². The molecule has 0 saturated carbocycles. The lowest BCUT2D eigenvalue weighted by Crippen LogP contribution is -2.25. The van der Waals surface area contributed by atoms with Crippen molar-refractivity contribution in [2.75, 3.05) is 20.8 Å². The number of hydrogen-bond donors (Lipinski definition) is 1. The Morgan fingerprint density at radius 1 is 1.22 bits per heavy atom. The highest BCUT2D eigenvalue weighted by Gasteiger charge is 2.16. The van der Waals surface area contributed by atoms with Gasteiger partial charge < -0.3 is 9.47 Å². The molecule has 0 aliphatic heterocycles. The van der Waals surface area contributed by atoms with Crippen molar-refractivity contribution in [1.82, 2.24) is 14.5 Å². The van der Waals surface area contributed by atoms with Gasteiger partial charge in [0.2, 0.25) is 10.0 Å². The van der Waals surface area contributed by atoms with Crippen LogP contribution in [0.3, 0.4) is 0 Å². The van der Waals surface area contributed by atoms with Crippen LogP contribution in [-0.4, -0.2) is 39.0 Å². The van der Waals surface area contributed by atoms with E-state index < -0.39 is 10.0 Å². The van der Waals surface area contributed by atoms with E-state index >= 15 is 0 Å². The summed E-state index contributed by atoms with van der Waals surface area (Å²) in [6.07, 6.45) is 4.34. The van der Waals surface area contributed by atoms with Crippen LogP contribution in [0.25, 0.3) is 0 Å². The van der Waals surface area contributed by atoms with Gasteiger partial charge in [0.25, 0.3) is 0 Å². The van der Waals surface area contributed by atoms with Crippen molar-refractivity contribution in [3.8, 4) is 11.5 Å². The van der Waals surface area contributed by atoms with Crippen LogP contribution >= 0.6 is 0 Å². The van der Waals surface area contributed by atoms with Crippen molar-refractivity contribution in [1.29, 1.82) is 0 Å². The van der Waals surface area contributed by atoms with E-state index in [-0.39, 0.29) is 4.90 Å². The number of rotatable bonds is 8. The smallest absolute Gasteiger partial charge is 0.240 e. The molecule has 0 amide bonds. The Hall–Kier alpha value is -2.06. The van der Waals surface area contributed by atoms with Gasteiger partial charge >= 0.3 is 0 Å². The third-order valence-corrected chi connectivity index (χ3v) is 4.74. The highest BCUT2D eigenvalue weighted by Crippen LogP contribution is 2.29. The van der Waals surface area contributed by atoms with Gasteiger partial charge in [-0.15, -0.1) is 0 Å². The van der Waals surface area contributed by atoms with E-state index in [1.54, 1.807) is 16.9 Å². The van der Waals surface area contributed by atoms with Gasteiger partial charge in [0.15, 0.2) is 11.5 Å². The molecule has 1 N–H and O–H groups in total. The van der Waals surface area contributed by atoms with Crippen molar-refractivity contribution in [3.63, 3.8) is 0 Å². The molecule has 8 heteroatoms.